The Hall–Kier alpha value is -1.75. The van der Waals surface area contributed by atoms with Gasteiger partial charge in [0.1, 0.15) is 0 Å². The number of anilines is 1. The monoisotopic (exact) mass is 331 g/mol. The van der Waals surface area contributed by atoms with Crippen molar-refractivity contribution in [1.82, 2.24) is 10.6 Å². The molecule has 0 aromatic heterocycles. The van der Waals surface area contributed by atoms with Gasteiger partial charge in [0.25, 0.3) is 0 Å². The molecule has 3 rings (SSSR count). The maximum absolute atomic E-state index is 12.2. The van der Waals surface area contributed by atoms with E-state index >= 15 is 0 Å². The summed E-state index contributed by atoms with van der Waals surface area (Å²) >= 11 is 0. The van der Waals surface area contributed by atoms with Gasteiger partial charge in [0.15, 0.2) is 0 Å². The Labute approximate surface area is 144 Å². The topological polar surface area (TPSA) is 64.6 Å². The predicted octanol–water partition coefficient (Wildman–Crippen LogP) is 2.51. The zero-order valence-corrected chi connectivity index (χ0v) is 14.3. The lowest BCUT2D eigenvalue weighted by atomic mass is 9.87. The highest BCUT2D eigenvalue weighted by Gasteiger charge is 2.23. The van der Waals surface area contributed by atoms with E-state index in [4.69, 9.17) is 0 Å². The van der Waals surface area contributed by atoms with Gasteiger partial charge in [-0.1, -0.05) is 24.6 Å². The first-order chi connectivity index (χ1) is 11.7. The van der Waals surface area contributed by atoms with Crippen LogP contribution in [0.25, 0.3) is 0 Å². The lowest BCUT2D eigenvalue weighted by Gasteiger charge is -2.35. The molecule has 5 heteroatoms. The fourth-order valence-electron chi connectivity index (χ4n) is 3.89. The summed E-state index contributed by atoms with van der Waals surface area (Å²) in [5.41, 5.74) is 1.22. The molecular weight excluding hydrogens is 302 g/mol. The predicted molar refractivity (Wildman–Crippen MR) is 96.2 cm³/mol. The van der Waals surface area contributed by atoms with Crippen LogP contribution in [0.2, 0.25) is 0 Å². The number of hydrogen-bond acceptors (Lipinski definition) is 3. The molecule has 2 aliphatic rings. The lowest BCUT2D eigenvalue weighted by Crippen LogP contribution is -2.51. The Balaban J connectivity index is 1.42. The highest BCUT2D eigenvalue weighted by molar-refractivity contribution is 5.74. The number of aliphatic hydroxyl groups is 1. The molecule has 5 nitrogen and oxygen atoms in total. The van der Waals surface area contributed by atoms with Crippen LogP contribution in [-0.4, -0.2) is 42.9 Å². The molecule has 2 fully saturated rings. The molecule has 0 bridgehead atoms. The highest BCUT2D eigenvalue weighted by atomic mass is 16.3. The number of urea groups is 1. The Morgan fingerprint density at radius 1 is 1.17 bits per heavy atom. The Kier molecular flexibility index (Phi) is 5.96. The van der Waals surface area contributed by atoms with Gasteiger partial charge in [0.2, 0.25) is 0 Å². The molecular formula is C19H29N3O2. The maximum atomic E-state index is 12.2. The summed E-state index contributed by atoms with van der Waals surface area (Å²) in [5.74, 6) is 0.409. The number of carbonyl (C=O) groups excluding carboxylic acids is 1. The van der Waals surface area contributed by atoms with Crippen LogP contribution >= 0.6 is 0 Å². The van der Waals surface area contributed by atoms with E-state index in [2.05, 4.69) is 39.8 Å². The van der Waals surface area contributed by atoms with Crippen molar-refractivity contribution in [2.45, 2.75) is 50.7 Å². The van der Waals surface area contributed by atoms with Gasteiger partial charge in [-0.2, -0.15) is 0 Å². The van der Waals surface area contributed by atoms with Crippen molar-refractivity contribution in [3.8, 4) is 0 Å². The van der Waals surface area contributed by atoms with Crippen molar-refractivity contribution >= 4 is 11.7 Å². The normalized spacial score (nSPS) is 27.5. The van der Waals surface area contributed by atoms with E-state index in [1.165, 1.54) is 5.69 Å². The first-order valence-electron chi connectivity index (χ1n) is 9.23. The van der Waals surface area contributed by atoms with E-state index in [9.17, 15) is 9.90 Å². The molecule has 132 valence electrons. The largest absolute Gasteiger partial charge is 0.393 e. The van der Waals surface area contributed by atoms with Gasteiger partial charge in [0.05, 0.1) is 6.10 Å². The summed E-state index contributed by atoms with van der Waals surface area (Å²) in [7, 11) is 0. The Bertz CT molecular complexity index is 523. The molecule has 0 radical (unpaired) electrons. The van der Waals surface area contributed by atoms with Crippen molar-refractivity contribution in [3.05, 3.63) is 30.3 Å². The number of carbonyl (C=O) groups is 1. The summed E-state index contributed by atoms with van der Waals surface area (Å²) < 4.78 is 0. The molecule has 1 aliphatic heterocycles. The molecule has 3 N–H and O–H groups in total. The standard InChI is InChI=1S/C19H29N3O2/c23-18-10-4-6-15(12-18)13-20-19(24)21-16-7-5-11-22(14-16)17-8-2-1-3-9-17/h1-3,8-9,15-16,18,23H,4-7,10-14H2,(H2,20,21,24). The Morgan fingerprint density at radius 3 is 2.79 bits per heavy atom. The van der Waals surface area contributed by atoms with Crippen molar-refractivity contribution in [3.63, 3.8) is 0 Å². The van der Waals surface area contributed by atoms with Crippen molar-refractivity contribution in [2.24, 2.45) is 5.92 Å². The average molecular weight is 331 g/mol. The van der Waals surface area contributed by atoms with Crippen LogP contribution in [0.15, 0.2) is 30.3 Å². The van der Waals surface area contributed by atoms with Crippen LogP contribution in [0.5, 0.6) is 0 Å². The number of piperidine rings is 1. The van der Waals surface area contributed by atoms with E-state index < -0.39 is 0 Å². The summed E-state index contributed by atoms with van der Waals surface area (Å²) in [6, 6.07) is 10.5. The average Bonchev–Trinajstić information content (AvgIpc) is 2.61. The second-order valence-electron chi connectivity index (χ2n) is 7.16. The van der Waals surface area contributed by atoms with Gasteiger partial charge < -0.3 is 20.6 Å². The zero-order chi connectivity index (χ0) is 16.8. The molecule has 1 saturated heterocycles. The first kappa shape index (κ1) is 17.1. The molecule has 1 aromatic rings. The maximum Gasteiger partial charge on any atom is 0.315 e. The second-order valence-corrected chi connectivity index (χ2v) is 7.16. The third-order valence-electron chi connectivity index (χ3n) is 5.18. The molecule has 1 heterocycles. The number of benzene rings is 1. The van der Waals surface area contributed by atoms with E-state index in [0.29, 0.717) is 12.5 Å². The number of para-hydroxylation sites is 1. The van der Waals surface area contributed by atoms with E-state index in [1.54, 1.807) is 0 Å². The molecule has 3 unspecified atom stereocenters. The fourth-order valence-corrected chi connectivity index (χ4v) is 3.89. The lowest BCUT2D eigenvalue weighted by molar-refractivity contribution is 0.101. The number of nitrogens with zero attached hydrogens (tertiary/aromatic N) is 1. The van der Waals surface area contributed by atoms with Crippen LogP contribution in [0.1, 0.15) is 38.5 Å². The minimum absolute atomic E-state index is 0.0741. The molecule has 2 amide bonds. The van der Waals surface area contributed by atoms with Gasteiger partial charge in [-0.25, -0.2) is 4.79 Å². The number of nitrogens with one attached hydrogen (secondary N) is 2. The fraction of sp³-hybridized carbons (Fsp3) is 0.632. The molecule has 1 aromatic carbocycles. The number of aliphatic hydroxyl groups excluding tert-OH is 1. The van der Waals surface area contributed by atoms with Crippen molar-refractivity contribution in [1.29, 1.82) is 0 Å². The second kappa shape index (κ2) is 8.38. The summed E-state index contributed by atoms with van der Waals surface area (Å²) in [4.78, 5) is 14.5. The van der Waals surface area contributed by atoms with Crippen molar-refractivity contribution in [2.75, 3.05) is 24.5 Å². The van der Waals surface area contributed by atoms with Crippen LogP contribution in [0, 0.1) is 5.92 Å². The molecule has 1 saturated carbocycles. The SMILES string of the molecule is O=C(NCC1CCCC(O)C1)NC1CCCN(c2ccccc2)C1. The molecule has 0 spiro atoms. The number of hydrogen-bond donors (Lipinski definition) is 3. The smallest absolute Gasteiger partial charge is 0.315 e. The number of amides is 2. The van der Waals surface area contributed by atoms with E-state index in [0.717, 1.165) is 51.6 Å². The Morgan fingerprint density at radius 2 is 2.00 bits per heavy atom. The highest BCUT2D eigenvalue weighted by Crippen LogP contribution is 2.23. The minimum Gasteiger partial charge on any atom is -0.393 e. The zero-order valence-electron chi connectivity index (χ0n) is 14.3. The third-order valence-corrected chi connectivity index (χ3v) is 5.18. The molecule has 24 heavy (non-hydrogen) atoms. The van der Waals surface area contributed by atoms with Gasteiger partial charge in [-0.3, -0.25) is 0 Å². The van der Waals surface area contributed by atoms with Gasteiger partial charge in [-0.05, 0) is 50.2 Å². The van der Waals surface area contributed by atoms with Gasteiger partial charge in [-0.15, -0.1) is 0 Å². The van der Waals surface area contributed by atoms with E-state index in [-0.39, 0.29) is 18.2 Å². The van der Waals surface area contributed by atoms with Crippen LogP contribution in [0.3, 0.4) is 0 Å². The molecule has 3 atom stereocenters. The van der Waals surface area contributed by atoms with Gasteiger partial charge in [0, 0.05) is 31.4 Å². The van der Waals surface area contributed by atoms with E-state index in [1.807, 2.05) is 6.07 Å². The third kappa shape index (κ3) is 4.87. The number of rotatable bonds is 4. The summed E-state index contributed by atoms with van der Waals surface area (Å²) in [6.45, 7) is 2.57. The van der Waals surface area contributed by atoms with Gasteiger partial charge >= 0.3 is 6.03 Å². The minimum atomic E-state index is -0.189. The first-order valence-corrected chi connectivity index (χ1v) is 9.23. The quantitative estimate of drug-likeness (QED) is 0.794. The molecule has 1 aliphatic carbocycles. The van der Waals surface area contributed by atoms with Crippen LogP contribution in [0.4, 0.5) is 10.5 Å². The van der Waals surface area contributed by atoms with Crippen molar-refractivity contribution < 1.29 is 9.90 Å². The summed E-state index contributed by atoms with van der Waals surface area (Å²) in [5, 5.41) is 15.8. The summed E-state index contributed by atoms with van der Waals surface area (Å²) in [6.07, 6.45) is 5.80. The van der Waals surface area contributed by atoms with Crippen LogP contribution < -0.4 is 15.5 Å². The van der Waals surface area contributed by atoms with Crippen LogP contribution in [-0.2, 0) is 0 Å².